The summed E-state index contributed by atoms with van der Waals surface area (Å²) in [6.07, 6.45) is 4.82. The highest BCUT2D eigenvalue weighted by Gasteiger charge is 2.45. The third kappa shape index (κ3) is 2.31. The van der Waals surface area contributed by atoms with Crippen LogP contribution in [0.2, 0.25) is 0 Å². The molecule has 1 heterocycles. The van der Waals surface area contributed by atoms with Crippen LogP contribution in [0.3, 0.4) is 0 Å². The monoisotopic (exact) mass is 276 g/mol. The van der Waals surface area contributed by atoms with Crippen LogP contribution < -0.4 is 5.32 Å². The van der Waals surface area contributed by atoms with E-state index in [4.69, 9.17) is 0 Å². The normalized spacial score (nSPS) is 33.5. The van der Waals surface area contributed by atoms with E-state index in [1.165, 1.54) is 6.07 Å². The van der Waals surface area contributed by atoms with E-state index >= 15 is 0 Å². The van der Waals surface area contributed by atoms with Crippen molar-refractivity contribution in [3.8, 4) is 0 Å². The number of fused-ring (bicyclic) bond motifs is 1. The van der Waals surface area contributed by atoms with Crippen molar-refractivity contribution in [1.29, 1.82) is 0 Å². The quantitative estimate of drug-likeness (QED) is 0.643. The zero-order chi connectivity index (χ0) is 14.2. The summed E-state index contributed by atoms with van der Waals surface area (Å²) >= 11 is 0. The maximum atomic E-state index is 10.9. The lowest BCUT2D eigenvalue weighted by molar-refractivity contribution is -0.385. The lowest BCUT2D eigenvalue weighted by Gasteiger charge is -2.48. The molecule has 5 nitrogen and oxygen atoms in total. The number of benzene rings is 1. The van der Waals surface area contributed by atoms with Crippen molar-refractivity contribution in [2.24, 2.45) is 5.92 Å². The highest BCUT2D eigenvalue weighted by atomic mass is 16.6. The number of rotatable bonds is 2. The Labute approximate surface area is 118 Å². The van der Waals surface area contributed by atoms with Crippen LogP contribution in [0.1, 0.15) is 43.7 Å². The predicted molar refractivity (Wildman–Crippen MR) is 75.4 cm³/mol. The van der Waals surface area contributed by atoms with Gasteiger partial charge in [0.2, 0.25) is 0 Å². The Morgan fingerprint density at radius 3 is 3.00 bits per heavy atom. The second-order valence-corrected chi connectivity index (χ2v) is 5.99. The summed E-state index contributed by atoms with van der Waals surface area (Å²) in [5, 5.41) is 25.2. The summed E-state index contributed by atoms with van der Waals surface area (Å²) in [6, 6.07) is 6.82. The smallest absolute Gasteiger partial charge is 0.269 e. The van der Waals surface area contributed by atoms with E-state index in [1.807, 2.05) is 6.07 Å². The molecule has 5 heteroatoms. The van der Waals surface area contributed by atoms with Crippen LogP contribution in [0, 0.1) is 16.0 Å². The Hall–Kier alpha value is -1.46. The number of nitrogens with one attached hydrogen (secondary N) is 1. The van der Waals surface area contributed by atoms with Crippen LogP contribution in [0.4, 0.5) is 5.69 Å². The fourth-order valence-electron chi connectivity index (χ4n) is 3.81. The highest BCUT2D eigenvalue weighted by molar-refractivity contribution is 5.36. The van der Waals surface area contributed by atoms with E-state index in [-0.39, 0.29) is 22.6 Å². The van der Waals surface area contributed by atoms with E-state index in [9.17, 15) is 15.2 Å². The standard InChI is InChI=1S/C15H20N2O3/c18-15-7-2-1-6-13(15)14(16-9-8-15)11-4-3-5-12(10-11)17(19)20/h3-5,10,13-14,16,18H,1-2,6-9H2/t13-,14-,15-/m0/s1. The molecular formula is C15H20N2O3. The number of non-ortho nitro benzene ring substituents is 1. The Morgan fingerprint density at radius 2 is 2.20 bits per heavy atom. The third-order valence-corrected chi connectivity index (χ3v) is 4.83. The van der Waals surface area contributed by atoms with Crippen LogP contribution >= 0.6 is 0 Å². The van der Waals surface area contributed by atoms with Crippen LogP contribution in [0.15, 0.2) is 24.3 Å². The van der Waals surface area contributed by atoms with Gasteiger partial charge in [0.05, 0.1) is 10.5 Å². The van der Waals surface area contributed by atoms with Gasteiger partial charge in [-0.1, -0.05) is 25.0 Å². The topological polar surface area (TPSA) is 75.4 Å². The first-order valence-electron chi connectivity index (χ1n) is 7.30. The largest absolute Gasteiger partial charge is 0.389 e. The van der Waals surface area contributed by atoms with E-state index in [1.54, 1.807) is 12.1 Å². The molecular weight excluding hydrogens is 256 g/mol. The fourth-order valence-corrected chi connectivity index (χ4v) is 3.81. The molecule has 2 N–H and O–H groups in total. The van der Waals surface area contributed by atoms with Crippen molar-refractivity contribution in [3.05, 3.63) is 39.9 Å². The Kier molecular flexibility index (Phi) is 3.48. The first kappa shape index (κ1) is 13.5. The molecule has 1 aliphatic carbocycles. The zero-order valence-corrected chi connectivity index (χ0v) is 11.4. The molecule has 0 unspecified atom stereocenters. The van der Waals surface area contributed by atoms with Crippen LogP contribution in [-0.2, 0) is 0 Å². The van der Waals surface area contributed by atoms with Gasteiger partial charge in [0.15, 0.2) is 0 Å². The van der Waals surface area contributed by atoms with Crippen molar-refractivity contribution in [2.45, 2.75) is 43.7 Å². The molecule has 0 spiro atoms. The predicted octanol–water partition coefficient (Wildman–Crippen LogP) is 2.55. The van der Waals surface area contributed by atoms with Gasteiger partial charge in [-0.05, 0) is 31.4 Å². The van der Waals surface area contributed by atoms with Crippen LogP contribution in [-0.4, -0.2) is 22.2 Å². The molecule has 2 fully saturated rings. The average molecular weight is 276 g/mol. The number of nitrogens with zero attached hydrogens (tertiary/aromatic N) is 1. The van der Waals surface area contributed by atoms with Gasteiger partial charge in [0.1, 0.15) is 0 Å². The van der Waals surface area contributed by atoms with E-state index in [2.05, 4.69) is 5.32 Å². The third-order valence-electron chi connectivity index (χ3n) is 4.83. The number of aliphatic hydroxyl groups is 1. The molecule has 108 valence electrons. The molecule has 0 bridgehead atoms. The molecule has 1 aromatic carbocycles. The van der Waals surface area contributed by atoms with E-state index in [0.29, 0.717) is 0 Å². The van der Waals surface area contributed by atoms with Gasteiger partial charge in [-0.2, -0.15) is 0 Å². The number of hydrogen-bond acceptors (Lipinski definition) is 4. The van der Waals surface area contributed by atoms with Gasteiger partial charge in [0, 0.05) is 24.1 Å². The SMILES string of the molecule is O=[N+]([O-])c1cccc([C@@H]2NCC[C@@]3(O)CCCC[C@@H]23)c1. The maximum Gasteiger partial charge on any atom is 0.269 e. The second-order valence-electron chi connectivity index (χ2n) is 5.99. The lowest BCUT2D eigenvalue weighted by Crippen LogP contribution is -2.53. The van der Waals surface area contributed by atoms with Crippen molar-refractivity contribution in [2.75, 3.05) is 6.54 Å². The van der Waals surface area contributed by atoms with Gasteiger partial charge >= 0.3 is 0 Å². The number of nitro benzene ring substituents is 1. The average Bonchev–Trinajstić information content (AvgIpc) is 2.46. The van der Waals surface area contributed by atoms with Gasteiger partial charge in [-0.25, -0.2) is 0 Å². The molecule has 20 heavy (non-hydrogen) atoms. The molecule has 3 atom stereocenters. The minimum absolute atomic E-state index is 0.0222. The Bertz CT molecular complexity index is 516. The second kappa shape index (κ2) is 5.14. The molecule has 0 aromatic heterocycles. The fraction of sp³-hybridized carbons (Fsp3) is 0.600. The molecule has 1 saturated heterocycles. The molecule has 0 amide bonds. The summed E-state index contributed by atoms with van der Waals surface area (Å²) in [7, 11) is 0. The van der Waals surface area contributed by atoms with Crippen molar-refractivity contribution >= 4 is 5.69 Å². The molecule has 0 radical (unpaired) electrons. The minimum atomic E-state index is -0.598. The molecule has 3 rings (SSSR count). The first-order chi connectivity index (χ1) is 9.60. The summed E-state index contributed by atoms with van der Waals surface area (Å²) in [5.74, 6) is 0.159. The highest BCUT2D eigenvalue weighted by Crippen LogP contribution is 2.45. The van der Waals surface area contributed by atoms with Gasteiger partial charge in [0.25, 0.3) is 5.69 Å². The summed E-state index contributed by atoms with van der Waals surface area (Å²) in [6.45, 7) is 0.764. The summed E-state index contributed by atoms with van der Waals surface area (Å²) in [5.41, 5.74) is 0.442. The Morgan fingerprint density at radius 1 is 1.35 bits per heavy atom. The zero-order valence-electron chi connectivity index (χ0n) is 11.4. The molecule has 1 saturated carbocycles. The maximum absolute atomic E-state index is 10.9. The molecule has 2 aliphatic rings. The lowest BCUT2D eigenvalue weighted by atomic mass is 9.67. The van der Waals surface area contributed by atoms with E-state index in [0.717, 1.165) is 44.2 Å². The van der Waals surface area contributed by atoms with Gasteiger partial charge < -0.3 is 10.4 Å². The minimum Gasteiger partial charge on any atom is -0.389 e. The van der Waals surface area contributed by atoms with Gasteiger partial charge in [-0.15, -0.1) is 0 Å². The molecule has 1 aromatic rings. The van der Waals surface area contributed by atoms with Crippen LogP contribution in [0.5, 0.6) is 0 Å². The number of nitro groups is 1. The number of hydrogen-bond donors (Lipinski definition) is 2. The summed E-state index contributed by atoms with van der Waals surface area (Å²) in [4.78, 5) is 10.6. The summed E-state index contributed by atoms with van der Waals surface area (Å²) < 4.78 is 0. The van der Waals surface area contributed by atoms with Crippen molar-refractivity contribution in [3.63, 3.8) is 0 Å². The number of piperidine rings is 1. The Balaban J connectivity index is 1.92. The van der Waals surface area contributed by atoms with Crippen molar-refractivity contribution in [1.82, 2.24) is 5.32 Å². The van der Waals surface area contributed by atoms with E-state index < -0.39 is 5.60 Å². The van der Waals surface area contributed by atoms with Crippen molar-refractivity contribution < 1.29 is 10.0 Å². The first-order valence-corrected chi connectivity index (χ1v) is 7.30. The molecule has 1 aliphatic heterocycles. The van der Waals surface area contributed by atoms with Gasteiger partial charge in [-0.3, -0.25) is 10.1 Å². The van der Waals surface area contributed by atoms with Crippen LogP contribution in [0.25, 0.3) is 0 Å².